The van der Waals surface area contributed by atoms with Gasteiger partial charge in [0, 0.05) is 31.9 Å². The smallest absolute Gasteiger partial charge is 0.234 e. The Morgan fingerprint density at radius 2 is 2.12 bits per heavy atom. The van der Waals surface area contributed by atoms with Crippen molar-refractivity contribution >= 4 is 5.91 Å². The van der Waals surface area contributed by atoms with Crippen LogP contribution in [0.3, 0.4) is 0 Å². The molecule has 2 aromatic rings. The zero-order valence-electron chi connectivity index (χ0n) is 15.1. The summed E-state index contributed by atoms with van der Waals surface area (Å²) in [5, 5.41) is 7.40. The van der Waals surface area contributed by atoms with Crippen LogP contribution < -0.4 is 5.32 Å². The van der Waals surface area contributed by atoms with E-state index in [1.807, 2.05) is 47.4 Å². The molecule has 1 aliphatic heterocycles. The molecule has 1 fully saturated rings. The van der Waals surface area contributed by atoms with Crippen LogP contribution in [0.5, 0.6) is 0 Å². The molecule has 6 nitrogen and oxygen atoms in total. The number of rotatable bonds is 7. The second kappa shape index (κ2) is 8.27. The van der Waals surface area contributed by atoms with E-state index in [1.165, 1.54) is 0 Å². The van der Waals surface area contributed by atoms with Crippen molar-refractivity contribution in [1.29, 1.82) is 0 Å². The summed E-state index contributed by atoms with van der Waals surface area (Å²) in [6.45, 7) is 3.11. The number of amides is 1. The number of carbonyl (C=O) groups excluding carboxylic acids is 1. The van der Waals surface area contributed by atoms with E-state index in [-0.39, 0.29) is 5.91 Å². The Morgan fingerprint density at radius 3 is 2.84 bits per heavy atom. The van der Waals surface area contributed by atoms with E-state index in [0.717, 1.165) is 37.2 Å². The van der Waals surface area contributed by atoms with Crippen molar-refractivity contribution in [3.63, 3.8) is 0 Å². The largest absolute Gasteiger partial charge is 0.355 e. The molecule has 0 radical (unpaired) electrons. The summed E-state index contributed by atoms with van der Waals surface area (Å²) in [5.41, 5.74) is 2.17. The average molecular weight is 341 g/mol. The first kappa shape index (κ1) is 17.6. The molecule has 1 N–H and O–H groups in total. The van der Waals surface area contributed by atoms with Crippen LogP contribution in [0.2, 0.25) is 0 Å². The topological polar surface area (TPSA) is 53.4 Å². The van der Waals surface area contributed by atoms with Gasteiger partial charge in [0.1, 0.15) is 0 Å². The maximum atomic E-state index is 12.1. The summed E-state index contributed by atoms with van der Waals surface area (Å²) in [4.78, 5) is 16.6. The number of nitrogens with zero attached hydrogens (tertiary/aromatic N) is 4. The Hall–Kier alpha value is -2.18. The third-order valence-electron chi connectivity index (χ3n) is 4.74. The molecular formula is C19H27N5O. The summed E-state index contributed by atoms with van der Waals surface area (Å²) >= 11 is 0. The van der Waals surface area contributed by atoms with Crippen molar-refractivity contribution in [2.24, 2.45) is 0 Å². The molecule has 1 saturated heterocycles. The quantitative estimate of drug-likeness (QED) is 0.821. The maximum Gasteiger partial charge on any atom is 0.234 e. The molecule has 0 spiro atoms. The zero-order chi connectivity index (χ0) is 17.6. The van der Waals surface area contributed by atoms with Crippen LogP contribution in [-0.4, -0.2) is 71.8 Å². The van der Waals surface area contributed by atoms with Gasteiger partial charge in [0.15, 0.2) is 0 Å². The van der Waals surface area contributed by atoms with Crippen LogP contribution in [0.15, 0.2) is 42.7 Å². The molecule has 1 aromatic heterocycles. The van der Waals surface area contributed by atoms with Gasteiger partial charge in [-0.05, 0) is 44.6 Å². The van der Waals surface area contributed by atoms with Gasteiger partial charge in [-0.2, -0.15) is 5.10 Å². The fourth-order valence-corrected chi connectivity index (χ4v) is 3.19. The summed E-state index contributed by atoms with van der Waals surface area (Å²) in [6, 6.07) is 10.6. The summed E-state index contributed by atoms with van der Waals surface area (Å²) in [6.07, 6.45) is 5.81. The molecule has 1 aromatic carbocycles. The molecule has 1 atom stereocenters. The first-order valence-corrected chi connectivity index (χ1v) is 8.86. The minimum atomic E-state index is 0.106. The molecule has 3 rings (SSSR count). The standard InChI is InChI=1S/C19H27N5O/c1-22(2)18-9-11-23(14-18)15-19(25)20-10-8-16-12-21-24(13-16)17-6-4-3-5-7-17/h3-7,12-13,18H,8-11,14-15H2,1-2H3,(H,20,25)/t18-/m1/s1. The number of aromatic nitrogens is 2. The first-order valence-electron chi connectivity index (χ1n) is 8.86. The zero-order valence-corrected chi connectivity index (χ0v) is 15.1. The Morgan fingerprint density at radius 1 is 1.32 bits per heavy atom. The molecule has 0 unspecified atom stereocenters. The molecule has 0 saturated carbocycles. The van der Waals surface area contributed by atoms with Crippen LogP contribution in [0.4, 0.5) is 0 Å². The van der Waals surface area contributed by atoms with E-state index < -0.39 is 0 Å². The fourth-order valence-electron chi connectivity index (χ4n) is 3.19. The number of likely N-dealkylation sites (tertiary alicyclic amines) is 1. The van der Waals surface area contributed by atoms with Crippen LogP contribution in [0.25, 0.3) is 5.69 Å². The number of likely N-dealkylation sites (N-methyl/N-ethyl adjacent to an activating group) is 1. The van der Waals surface area contributed by atoms with Crippen LogP contribution in [0, 0.1) is 0 Å². The lowest BCUT2D eigenvalue weighted by Crippen LogP contribution is -2.38. The van der Waals surface area contributed by atoms with Crippen molar-refractivity contribution in [2.75, 3.05) is 40.3 Å². The highest BCUT2D eigenvalue weighted by atomic mass is 16.2. The average Bonchev–Trinajstić information content (AvgIpc) is 3.25. The highest BCUT2D eigenvalue weighted by molar-refractivity contribution is 5.78. The molecule has 134 valence electrons. The second-order valence-corrected chi connectivity index (χ2v) is 6.87. The lowest BCUT2D eigenvalue weighted by atomic mass is 10.2. The number of hydrogen-bond acceptors (Lipinski definition) is 4. The Labute approximate surface area is 149 Å². The highest BCUT2D eigenvalue weighted by Crippen LogP contribution is 2.12. The summed E-state index contributed by atoms with van der Waals surface area (Å²) in [7, 11) is 4.20. The number of para-hydroxylation sites is 1. The minimum absolute atomic E-state index is 0.106. The molecule has 6 heteroatoms. The second-order valence-electron chi connectivity index (χ2n) is 6.87. The monoisotopic (exact) mass is 341 g/mol. The summed E-state index contributed by atoms with van der Waals surface area (Å²) in [5.74, 6) is 0.106. The van der Waals surface area contributed by atoms with Gasteiger partial charge in [0.05, 0.1) is 18.4 Å². The third kappa shape index (κ3) is 4.90. The van der Waals surface area contributed by atoms with Crippen molar-refractivity contribution < 1.29 is 4.79 Å². The van der Waals surface area contributed by atoms with Crippen LogP contribution >= 0.6 is 0 Å². The van der Waals surface area contributed by atoms with Gasteiger partial charge in [-0.25, -0.2) is 4.68 Å². The highest BCUT2D eigenvalue weighted by Gasteiger charge is 2.24. The number of nitrogens with one attached hydrogen (secondary N) is 1. The fraction of sp³-hybridized carbons (Fsp3) is 0.474. The Kier molecular flexibility index (Phi) is 5.83. The predicted molar refractivity (Wildman–Crippen MR) is 98.8 cm³/mol. The molecule has 1 amide bonds. The maximum absolute atomic E-state index is 12.1. The molecule has 0 bridgehead atoms. The summed E-state index contributed by atoms with van der Waals surface area (Å²) < 4.78 is 1.86. The third-order valence-corrected chi connectivity index (χ3v) is 4.74. The normalized spacial score (nSPS) is 18.0. The Bertz CT molecular complexity index is 682. The lowest BCUT2D eigenvalue weighted by Gasteiger charge is -2.20. The molecule has 25 heavy (non-hydrogen) atoms. The van der Waals surface area contributed by atoms with Gasteiger partial charge in [-0.3, -0.25) is 9.69 Å². The van der Waals surface area contributed by atoms with E-state index >= 15 is 0 Å². The molecule has 0 aliphatic carbocycles. The van der Waals surface area contributed by atoms with E-state index in [0.29, 0.717) is 19.1 Å². The number of carbonyl (C=O) groups is 1. The van der Waals surface area contributed by atoms with Gasteiger partial charge in [-0.1, -0.05) is 18.2 Å². The van der Waals surface area contributed by atoms with E-state index in [2.05, 4.69) is 34.3 Å². The SMILES string of the molecule is CN(C)[C@@H]1CCN(CC(=O)NCCc2cnn(-c3ccccc3)c2)C1. The van der Waals surface area contributed by atoms with Gasteiger partial charge in [0.2, 0.25) is 5.91 Å². The predicted octanol–water partition coefficient (Wildman–Crippen LogP) is 1.17. The Balaban J connectivity index is 1.40. The lowest BCUT2D eigenvalue weighted by molar-refractivity contribution is -0.122. The minimum Gasteiger partial charge on any atom is -0.355 e. The van der Waals surface area contributed by atoms with E-state index in [9.17, 15) is 4.79 Å². The van der Waals surface area contributed by atoms with Gasteiger partial charge in [-0.15, -0.1) is 0 Å². The molecular weight excluding hydrogens is 314 g/mol. The van der Waals surface area contributed by atoms with Crippen LogP contribution in [0.1, 0.15) is 12.0 Å². The van der Waals surface area contributed by atoms with E-state index in [1.54, 1.807) is 0 Å². The first-order chi connectivity index (χ1) is 12.1. The van der Waals surface area contributed by atoms with Crippen molar-refractivity contribution in [2.45, 2.75) is 18.9 Å². The molecule has 2 heterocycles. The van der Waals surface area contributed by atoms with Crippen LogP contribution in [-0.2, 0) is 11.2 Å². The van der Waals surface area contributed by atoms with Gasteiger partial charge < -0.3 is 10.2 Å². The van der Waals surface area contributed by atoms with Crippen molar-refractivity contribution in [1.82, 2.24) is 24.9 Å². The van der Waals surface area contributed by atoms with E-state index in [4.69, 9.17) is 0 Å². The van der Waals surface area contributed by atoms with Gasteiger partial charge in [0.25, 0.3) is 0 Å². The van der Waals surface area contributed by atoms with Gasteiger partial charge >= 0.3 is 0 Å². The van der Waals surface area contributed by atoms with Crippen molar-refractivity contribution in [3.8, 4) is 5.69 Å². The number of benzene rings is 1. The van der Waals surface area contributed by atoms with Crippen molar-refractivity contribution in [3.05, 3.63) is 48.3 Å². The number of hydrogen-bond donors (Lipinski definition) is 1. The molecule has 1 aliphatic rings.